The number of carbonyl (C=O) groups is 1. The Hall–Kier alpha value is -2.34. The Bertz CT molecular complexity index is 806. The predicted octanol–water partition coefficient (Wildman–Crippen LogP) is 5.25. The van der Waals surface area contributed by atoms with Crippen LogP contribution in [0.3, 0.4) is 0 Å². The SMILES string of the molecule is CCCCCOc1ccc(C=CC(=O)Nc2nc3c(s2)CCCC3)cc1OC. The monoisotopic (exact) mass is 400 g/mol. The largest absolute Gasteiger partial charge is 0.493 e. The molecule has 0 spiro atoms. The van der Waals surface area contributed by atoms with E-state index in [2.05, 4.69) is 17.2 Å². The quantitative estimate of drug-likeness (QED) is 0.461. The maximum Gasteiger partial charge on any atom is 0.250 e. The van der Waals surface area contributed by atoms with Crippen molar-refractivity contribution in [1.82, 2.24) is 4.98 Å². The number of methoxy groups -OCH3 is 1. The van der Waals surface area contributed by atoms with Crippen molar-refractivity contribution < 1.29 is 14.3 Å². The zero-order valence-corrected chi connectivity index (χ0v) is 17.4. The fraction of sp³-hybridized carbons (Fsp3) is 0.455. The Morgan fingerprint density at radius 2 is 2.11 bits per heavy atom. The van der Waals surface area contributed by atoms with Crippen LogP contribution in [0.1, 0.15) is 55.2 Å². The number of aromatic nitrogens is 1. The summed E-state index contributed by atoms with van der Waals surface area (Å²) >= 11 is 1.59. The molecule has 1 aliphatic carbocycles. The molecule has 0 radical (unpaired) electrons. The molecule has 1 N–H and O–H groups in total. The van der Waals surface area contributed by atoms with E-state index in [1.807, 2.05) is 18.2 Å². The number of nitrogens with one attached hydrogen (secondary N) is 1. The van der Waals surface area contributed by atoms with Crippen LogP contribution in [0.4, 0.5) is 5.13 Å². The van der Waals surface area contributed by atoms with Crippen LogP contribution >= 0.6 is 11.3 Å². The molecular formula is C22H28N2O3S. The molecular weight excluding hydrogens is 372 g/mol. The summed E-state index contributed by atoms with van der Waals surface area (Å²) in [5, 5.41) is 3.56. The van der Waals surface area contributed by atoms with E-state index < -0.39 is 0 Å². The Balaban J connectivity index is 1.58. The third kappa shape index (κ3) is 5.58. The summed E-state index contributed by atoms with van der Waals surface area (Å²) in [4.78, 5) is 18.1. The van der Waals surface area contributed by atoms with Crippen LogP contribution in [0.2, 0.25) is 0 Å². The number of nitrogens with zero attached hydrogens (tertiary/aromatic N) is 1. The van der Waals surface area contributed by atoms with Crippen molar-refractivity contribution in [1.29, 1.82) is 0 Å². The van der Waals surface area contributed by atoms with Gasteiger partial charge in [-0.2, -0.15) is 0 Å². The number of benzene rings is 1. The van der Waals surface area contributed by atoms with Crippen molar-refractivity contribution in [2.45, 2.75) is 51.9 Å². The van der Waals surface area contributed by atoms with Gasteiger partial charge in [0.25, 0.3) is 0 Å². The first-order chi connectivity index (χ1) is 13.7. The van der Waals surface area contributed by atoms with Gasteiger partial charge in [-0.1, -0.05) is 25.8 Å². The van der Waals surface area contributed by atoms with E-state index in [4.69, 9.17) is 9.47 Å². The molecule has 6 heteroatoms. The summed E-state index contributed by atoms with van der Waals surface area (Å²) < 4.78 is 11.2. The minimum absolute atomic E-state index is 0.176. The second kappa shape index (κ2) is 10.3. The molecule has 1 amide bonds. The zero-order valence-electron chi connectivity index (χ0n) is 16.6. The van der Waals surface area contributed by atoms with Gasteiger partial charge in [0.1, 0.15) is 0 Å². The number of amides is 1. The van der Waals surface area contributed by atoms with E-state index >= 15 is 0 Å². The molecule has 28 heavy (non-hydrogen) atoms. The first-order valence-corrected chi connectivity index (χ1v) is 10.8. The summed E-state index contributed by atoms with van der Waals surface area (Å²) in [6.45, 7) is 2.85. The maximum atomic E-state index is 12.2. The lowest BCUT2D eigenvalue weighted by Gasteiger charge is -2.11. The molecule has 0 saturated carbocycles. The molecule has 1 aromatic carbocycles. The van der Waals surface area contributed by atoms with Gasteiger partial charge < -0.3 is 9.47 Å². The van der Waals surface area contributed by atoms with Crippen LogP contribution < -0.4 is 14.8 Å². The highest BCUT2D eigenvalue weighted by atomic mass is 32.1. The Labute approximate surface area is 170 Å². The van der Waals surface area contributed by atoms with Crippen LogP contribution in [0.5, 0.6) is 11.5 Å². The highest BCUT2D eigenvalue weighted by molar-refractivity contribution is 7.15. The van der Waals surface area contributed by atoms with Gasteiger partial charge in [0.2, 0.25) is 5.91 Å². The molecule has 1 aliphatic rings. The van der Waals surface area contributed by atoms with E-state index in [-0.39, 0.29) is 5.91 Å². The summed E-state index contributed by atoms with van der Waals surface area (Å²) in [5.41, 5.74) is 2.03. The van der Waals surface area contributed by atoms with Gasteiger partial charge in [0, 0.05) is 11.0 Å². The van der Waals surface area contributed by atoms with Gasteiger partial charge in [0.05, 0.1) is 19.4 Å². The topological polar surface area (TPSA) is 60.5 Å². The van der Waals surface area contributed by atoms with Crippen molar-refractivity contribution in [3.63, 3.8) is 0 Å². The highest BCUT2D eigenvalue weighted by Gasteiger charge is 2.15. The number of thiazole rings is 1. The van der Waals surface area contributed by atoms with Crippen molar-refractivity contribution >= 4 is 28.5 Å². The first-order valence-electron chi connectivity index (χ1n) is 9.98. The third-order valence-corrected chi connectivity index (χ3v) is 5.77. The number of carbonyl (C=O) groups excluding carboxylic acids is 1. The lowest BCUT2D eigenvalue weighted by Crippen LogP contribution is -2.07. The molecule has 2 aromatic rings. The van der Waals surface area contributed by atoms with Crippen LogP contribution in [0.25, 0.3) is 6.08 Å². The molecule has 0 bridgehead atoms. The standard InChI is InChI=1S/C22H28N2O3S/c1-3-4-7-14-27-18-12-10-16(15-19(18)26-2)11-13-21(25)24-22-23-17-8-5-6-9-20(17)28-22/h10-13,15H,3-9,14H2,1-2H3,(H,23,24,25). The minimum Gasteiger partial charge on any atom is -0.493 e. The number of aryl methyl sites for hydroxylation is 2. The van der Waals surface area contributed by atoms with E-state index in [1.54, 1.807) is 24.5 Å². The molecule has 0 aliphatic heterocycles. The maximum absolute atomic E-state index is 12.2. The summed E-state index contributed by atoms with van der Waals surface area (Å²) in [6.07, 6.45) is 11.1. The van der Waals surface area contributed by atoms with Gasteiger partial charge in [-0.25, -0.2) is 4.98 Å². The van der Waals surface area contributed by atoms with Crippen LogP contribution in [0.15, 0.2) is 24.3 Å². The van der Waals surface area contributed by atoms with Crippen LogP contribution in [-0.2, 0) is 17.6 Å². The van der Waals surface area contributed by atoms with Crippen molar-refractivity contribution in [2.75, 3.05) is 19.0 Å². The third-order valence-electron chi connectivity index (χ3n) is 4.70. The normalized spacial score (nSPS) is 13.4. The molecule has 0 fully saturated rings. The number of fused-ring (bicyclic) bond motifs is 1. The van der Waals surface area contributed by atoms with Crippen molar-refractivity contribution in [3.05, 3.63) is 40.4 Å². The van der Waals surface area contributed by atoms with Crippen molar-refractivity contribution in [3.8, 4) is 11.5 Å². The van der Waals surface area contributed by atoms with Crippen LogP contribution in [0, 0.1) is 0 Å². The number of ether oxygens (including phenoxy) is 2. The second-order valence-electron chi connectivity index (χ2n) is 6.88. The second-order valence-corrected chi connectivity index (χ2v) is 7.97. The lowest BCUT2D eigenvalue weighted by molar-refractivity contribution is -0.111. The van der Waals surface area contributed by atoms with Gasteiger partial charge in [-0.3, -0.25) is 10.1 Å². The lowest BCUT2D eigenvalue weighted by atomic mass is 10.0. The average Bonchev–Trinajstić information content (AvgIpc) is 3.12. The Morgan fingerprint density at radius 3 is 2.89 bits per heavy atom. The number of rotatable bonds is 9. The first kappa shape index (κ1) is 20.4. The van der Waals surface area contributed by atoms with Gasteiger partial charge in [0.15, 0.2) is 16.6 Å². The van der Waals surface area contributed by atoms with Crippen molar-refractivity contribution in [2.24, 2.45) is 0 Å². The number of unbranched alkanes of at least 4 members (excludes halogenated alkanes) is 2. The highest BCUT2D eigenvalue weighted by Crippen LogP contribution is 2.30. The molecule has 3 rings (SSSR count). The number of hydrogen-bond donors (Lipinski definition) is 1. The smallest absolute Gasteiger partial charge is 0.250 e. The predicted molar refractivity (Wildman–Crippen MR) is 114 cm³/mol. The molecule has 150 valence electrons. The summed E-state index contributed by atoms with van der Waals surface area (Å²) in [7, 11) is 1.62. The van der Waals surface area contributed by atoms with E-state index in [9.17, 15) is 4.79 Å². The van der Waals surface area contributed by atoms with E-state index in [0.717, 1.165) is 49.1 Å². The average molecular weight is 401 g/mol. The van der Waals surface area contributed by atoms with Gasteiger partial charge in [-0.05, 0) is 55.9 Å². The Kier molecular flexibility index (Phi) is 7.48. The van der Waals surface area contributed by atoms with Gasteiger partial charge in [-0.15, -0.1) is 11.3 Å². The number of hydrogen-bond acceptors (Lipinski definition) is 5. The summed E-state index contributed by atoms with van der Waals surface area (Å²) in [6, 6.07) is 5.68. The molecule has 0 atom stereocenters. The van der Waals surface area contributed by atoms with E-state index in [1.165, 1.54) is 23.8 Å². The molecule has 5 nitrogen and oxygen atoms in total. The molecule has 1 heterocycles. The molecule has 0 saturated heterocycles. The van der Waals surface area contributed by atoms with E-state index in [0.29, 0.717) is 17.5 Å². The molecule has 1 aromatic heterocycles. The Morgan fingerprint density at radius 1 is 1.25 bits per heavy atom. The van der Waals surface area contributed by atoms with Gasteiger partial charge >= 0.3 is 0 Å². The minimum atomic E-state index is -0.176. The fourth-order valence-corrected chi connectivity index (χ4v) is 4.22. The zero-order chi connectivity index (χ0) is 19.8. The summed E-state index contributed by atoms with van der Waals surface area (Å²) in [5.74, 6) is 1.23. The molecule has 0 unspecified atom stereocenters. The fourth-order valence-electron chi connectivity index (χ4n) is 3.17. The number of anilines is 1. The van der Waals surface area contributed by atoms with Crippen LogP contribution in [-0.4, -0.2) is 24.6 Å².